The molecule has 1 aliphatic rings. The second-order valence-electron chi connectivity index (χ2n) is 4.24. The van der Waals surface area contributed by atoms with Crippen LogP contribution in [0.5, 0.6) is 11.5 Å². The van der Waals surface area contributed by atoms with Crippen LogP contribution in [0.3, 0.4) is 0 Å². The first-order valence-corrected chi connectivity index (χ1v) is 7.37. The third kappa shape index (κ3) is 2.26. The third-order valence-corrected chi connectivity index (χ3v) is 4.51. The van der Waals surface area contributed by atoms with Gasteiger partial charge in [-0.25, -0.2) is 9.97 Å². The Labute approximate surface area is 134 Å². The Balaban J connectivity index is 2.14. The summed E-state index contributed by atoms with van der Waals surface area (Å²) in [6.07, 6.45) is 0. The third-order valence-electron chi connectivity index (χ3n) is 2.94. The number of nitrogens with zero attached hydrogens (tertiary/aromatic N) is 2. The molecular formula is C13H11ClIN3O2. The molecular weight excluding hydrogens is 393 g/mol. The van der Waals surface area contributed by atoms with Crippen LogP contribution in [0.2, 0.25) is 5.02 Å². The van der Waals surface area contributed by atoms with Crippen molar-refractivity contribution in [3.05, 3.63) is 26.4 Å². The van der Waals surface area contributed by atoms with Gasteiger partial charge in [0.05, 0.1) is 14.3 Å². The topological polar surface area (TPSA) is 56.3 Å². The predicted molar refractivity (Wildman–Crippen MR) is 85.6 cm³/mol. The lowest BCUT2D eigenvalue weighted by Crippen LogP contribution is -2.02. The van der Waals surface area contributed by atoms with Crippen molar-refractivity contribution in [2.24, 2.45) is 0 Å². The van der Waals surface area contributed by atoms with Gasteiger partial charge in [-0.2, -0.15) is 0 Å². The fourth-order valence-electron chi connectivity index (χ4n) is 1.95. The van der Waals surface area contributed by atoms with Crippen molar-refractivity contribution in [3.63, 3.8) is 0 Å². The molecule has 0 fully saturated rings. The Morgan fingerprint density at radius 1 is 1.30 bits per heavy atom. The maximum Gasteiger partial charge on any atom is 0.231 e. The van der Waals surface area contributed by atoms with E-state index in [0.29, 0.717) is 22.3 Å². The maximum absolute atomic E-state index is 6.19. The molecule has 0 bridgehead atoms. The molecule has 2 aromatic rings. The van der Waals surface area contributed by atoms with Crippen LogP contribution in [0, 0.1) is 10.5 Å². The summed E-state index contributed by atoms with van der Waals surface area (Å²) in [4.78, 5) is 9.01. The van der Waals surface area contributed by atoms with Crippen molar-refractivity contribution in [1.82, 2.24) is 9.97 Å². The normalized spacial score (nSPS) is 12.6. The number of rotatable bonds is 2. The van der Waals surface area contributed by atoms with Gasteiger partial charge < -0.3 is 14.8 Å². The van der Waals surface area contributed by atoms with Crippen LogP contribution in [0.4, 0.5) is 5.82 Å². The molecule has 0 unspecified atom stereocenters. The summed E-state index contributed by atoms with van der Waals surface area (Å²) in [7, 11) is 1.83. The van der Waals surface area contributed by atoms with Gasteiger partial charge >= 0.3 is 0 Å². The number of hydrogen-bond acceptors (Lipinski definition) is 5. The van der Waals surface area contributed by atoms with Gasteiger partial charge in [-0.15, -0.1) is 0 Å². The van der Waals surface area contributed by atoms with Crippen molar-refractivity contribution >= 4 is 40.0 Å². The zero-order chi connectivity index (χ0) is 14.3. The molecule has 5 nitrogen and oxygen atoms in total. The molecule has 1 aromatic heterocycles. The maximum atomic E-state index is 6.19. The van der Waals surface area contributed by atoms with E-state index in [4.69, 9.17) is 21.1 Å². The lowest BCUT2D eigenvalue weighted by molar-refractivity contribution is 0.174. The largest absolute Gasteiger partial charge is 0.454 e. The number of ether oxygens (including phenoxy) is 2. The van der Waals surface area contributed by atoms with Gasteiger partial charge in [0, 0.05) is 12.6 Å². The number of anilines is 1. The van der Waals surface area contributed by atoms with Crippen molar-refractivity contribution in [2.75, 3.05) is 19.2 Å². The molecule has 1 aromatic carbocycles. The average molecular weight is 404 g/mol. The first-order valence-electron chi connectivity index (χ1n) is 5.91. The van der Waals surface area contributed by atoms with Gasteiger partial charge in [0.15, 0.2) is 17.3 Å². The van der Waals surface area contributed by atoms with Crippen LogP contribution in [-0.4, -0.2) is 23.8 Å². The fraction of sp³-hybridized carbons (Fsp3) is 0.231. The second-order valence-corrected chi connectivity index (χ2v) is 5.72. The smallest absolute Gasteiger partial charge is 0.231 e. The molecule has 1 aliphatic heterocycles. The van der Waals surface area contributed by atoms with E-state index in [1.54, 1.807) is 6.07 Å². The van der Waals surface area contributed by atoms with E-state index >= 15 is 0 Å². The zero-order valence-corrected chi connectivity index (χ0v) is 13.7. The Kier molecular flexibility index (Phi) is 3.59. The van der Waals surface area contributed by atoms with Crippen molar-refractivity contribution < 1.29 is 9.47 Å². The molecule has 0 saturated carbocycles. The van der Waals surface area contributed by atoms with Crippen LogP contribution in [-0.2, 0) is 0 Å². The molecule has 0 aliphatic carbocycles. The number of aromatic nitrogens is 2. The summed E-state index contributed by atoms with van der Waals surface area (Å²) < 4.78 is 11.7. The molecule has 7 heteroatoms. The van der Waals surface area contributed by atoms with Crippen LogP contribution in [0.25, 0.3) is 11.4 Å². The minimum Gasteiger partial charge on any atom is -0.454 e. The highest BCUT2D eigenvalue weighted by atomic mass is 127. The molecule has 3 rings (SSSR count). The second kappa shape index (κ2) is 5.25. The van der Waals surface area contributed by atoms with E-state index in [1.165, 1.54) is 0 Å². The number of fused-ring (bicyclic) bond motifs is 1. The van der Waals surface area contributed by atoms with Gasteiger partial charge in [-0.1, -0.05) is 11.6 Å². The summed E-state index contributed by atoms with van der Waals surface area (Å²) in [6.45, 7) is 2.13. The number of hydrogen-bond donors (Lipinski definition) is 1. The van der Waals surface area contributed by atoms with Crippen LogP contribution < -0.4 is 14.8 Å². The highest BCUT2D eigenvalue weighted by molar-refractivity contribution is 14.1. The molecule has 0 atom stereocenters. The van der Waals surface area contributed by atoms with E-state index in [1.807, 2.05) is 20.0 Å². The fourth-order valence-corrected chi connectivity index (χ4v) is 2.73. The van der Waals surface area contributed by atoms with Crippen molar-refractivity contribution in [2.45, 2.75) is 6.92 Å². The first kappa shape index (κ1) is 13.7. The van der Waals surface area contributed by atoms with Crippen molar-refractivity contribution in [3.8, 4) is 22.9 Å². The number of nitrogens with one attached hydrogen (secondary N) is 1. The van der Waals surface area contributed by atoms with Gasteiger partial charge in [-0.3, -0.25) is 0 Å². The molecule has 104 valence electrons. The Hall–Kier alpha value is -1.28. The Bertz CT molecular complexity index is 685. The highest BCUT2D eigenvalue weighted by Crippen LogP contribution is 2.42. The highest BCUT2D eigenvalue weighted by Gasteiger charge is 2.20. The van der Waals surface area contributed by atoms with Crippen LogP contribution in [0.1, 0.15) is 5.69 Å². The van der Waals surface area contributed by atoms with Crippen molar-refractivity contribution in [1.29, 1.82) is 0 Å². The van der Waals surface area contributed by atoms with E-state index in [0.717, 1.165) is 20.6 Å². The van der Waals surface area contributed by atoms with E-state index in [9.17, 15) is 0 Å². The quantitative estimate of drug-likeness (QED) is 0.778. The van der Waals surface area contributed by atoms with Gasteiger partial charge in [-0.05, 0) is 41.6 Å². The molecule has 0 saturated heterocycles. The molecule has 0 spiro atoms. The average Bonchev–Trinajstić information content (AvgIpc) is 2.90. The summed E-state index contributed by atoms with van der Waals surface area (Å²) in [5, 5.41) is 3.57. The predicted octanol–water partition coefficient (Wildman–Crippen LogP) is 3.48. The van der Waals surface area contributed by atoms with E-state index < -0.39 is 0 Å². The molecule has 20 heavy (non-hydrogen) atoms. The molecule has 2 heterocycles. The Morgan fingerprint density at radius 3 is 2.85 bits per heavy atom. The van der Waals surface area contributed by atoms with Gasteiger partial charge in [0.2, 0.25) is 6.79 Å². The number of aryl methyl sites for hydroxylation is 1. The van der Waals surface area contributed by atoms with Gasteiger partial charge in [0.1, 0.15) is 5.82 Å². The summed E-state index contributed by atoms with van der Waals surface area (Å²) in [6, 6.07) is 3.63. The number of halogens is 2. The SMILES string of the molecule is CNc1nc(-c2cc(Cl)c3c(c2)OCO3)nc(C)c1I. The summed E-state index contributed by atoms with van der Waals surface area (Å²) in [5.74, 6) is 2.60. The minimum atomic E-state index is 0.187. The molecule has 0 amide bonds. The van der Waals surface area contributed by atoms with Crippen LogP contribution >= 0.6 is 34.2 Å². The van der Waals surface area contributed by atoms with Crippen LogP contribution in [0.15, 0.2) is 12.1 Å². The standard InChI is InChI=1S/C13H11ClIN3O2/c1-6-10(15)13(16-2)18-12(17-6)7-3-8(14)11-9(4-7)19-5-20-11/h3-4H,5H2,1-2H3,(H,16,17,18). The zero-order valence-electron chi connectivity index (χ0n) is 10.8. The Morgan fingerprint density at radius 2 is 2.10 bits per heavy atom. The minimum absolute atomic E-state index is 0.187. The lowest BCUT2D eigenvalue weighted by atomic mass is 10.2. The van der Waals surface area contributed by atoms with Gasteiger partial charge in [0.25, 0.3) is 0 Å². The first-order chi connectivity index (χ1) is 9.60. The van der Waals surface area contributed by atoms with E-state index in [-0.39, 0.29) is 6.79 Å². The molecule has 1 N–H and O–H groups in total. The lowest BCUT2D eigenvalue weighted by Gasteiger charge is -2.09. The number of benzene rings is 1. The summed E-state index contributed by atoms with van der Waals surface area (Å²) >= 11 is 8.41. The molecule has 0 radical (unpaired) electrons. The van der Waals surface area contributed by atoms with E-state index in [2.05, 4.69) is 37.9 Å². The summed E-state index contributed by atoms with van der Waals surface area (Å²) in [5.41, 5.74) is 1.71. The monoisotopic (exact) mass is 403 g/mol.